The summed E-state index contributed by atoms with van der Waals surface area (Å²) in [7, 11) is 4.19. The highest BCUT2D eigenvalue weighted by atomic mass is 15.4. The Balaban J connectivity index is 1.78. The Bertz CT molecular complexity index is 798. The molecule has 0 aliphatic carbocycles. The summed E-state index contributed by atoms with van der Waals surface area (Å²) in [4.78, 5) is 7.17. The molecule has 1 saturated heterocycles. The first-order valence-electron chi connectivity index (χ1n) is 9.15. The Morgan fingerprint density at radius 1 is 0.692 bits per heavy atom. The lowest BCUT2D eigenvalue weighted by Gasteiger charge is -2.33. The molecule has 1 heterocycles. The fourth-order valence-corrected chi connectivity index (χ4v) is 3.73. The van der Waals surface area contributed by atoms with Crippen molar-refractivity contribution in [1.29, 1.82) is 0 Å². The Labute approximate surface area is 156 Å². The third kappa shape index (κ3) is 3.13. The van der Waals surface area contributed by atoms with Crippen molar-refractivity contribution in [2.45, 2.75) is 6.17 Å². The van der Waals surface area contributed by atoms with E-state index in [9.17, 15) is 0 Å². The van der Waals surface area contributed by atoms with Crippen molar-refractivity contribution in [2.75, 3.05) is 41.9 Å². The predicted octanol–water partition coefficient (Wildman–Crippen LogP) is 4.78. The van der Waals surface area contributed by atoms with Gasteiger partial charge in [0.25, 0.3) is 0 Å². The van der Waals surface area contributed by atoms with Crippen LogP contribution in [0.1, 0.15) is 11.7 Å². The number of para-hydroxylation sites is 2. The van der Waals surface area contributed by atoms with Gasteiger partial charge in [0.1, 0.15) is 6.17 Å². The summed E-state index contributed by atoms with van der Waals surface area (Å²) in [5, 5.41) is 0. The van der Waals surface area contributed by atoms with Crippen LogP contribution < -0.4 is 14.7 Å². The summed E-state index contributed by atoms with van der Waals surface area (Å²) in [6.07, 6.45) is 0.194. The second-order valence-electron chi connectivity index (χ2n) is 6.92. The van der Waals surface area contributed by atoms with Gasteiger partial charge in [-0.15, -0.1) is 0 Å². The Kier molecular flexibility index (Phi) is 4.53. The SMILES string of the molecule is CN(C)c1cccc(C2N(c3ccccc3)CCN2c2ccccc2)c1. The minimum Gasteiger partial charge on any atom is -0.378 e. The van der Waals surface area contributed by atoms with Crippen molar-refractivity contribution in [3.8, 4) is 0 Å². The van der Waals surface area contributed by atoms with E-state index >= 15 is 0 Å². The first-order valence-corrected chi connectivity index (χ1v) is 9.15. The van der Waals surface area contributed by atoms with Gasteiger partial charge in [-0.25, -0.2) is 0 Å². The van der Waals surface area contributed by atoms with Crippen LogP contribution in [0.4, 0.5) is 17.1 Å². The molecule has 0 atom stereocenters. The van der Waals surface area contributed by atoms with Crippen molar-refractivity contribution in [3.63, 3.8) is 0 Å². The highest BCUT2D eigenvalue weighted by molar-refractivity contribution is 5.60. The molecule has 26 heavy (non-hydrogen) atoms. The van der Waals surface area contributed by atoms with E-state index < -0.39 is 0 Å². The third-order valence-electron chi connectivity index (χ3n) is 5.03. The lowest BCUT2D eigenvalue weighted by Crippen LogP contribution is -2.31. The molecule has 3 nitrogen and oxygen atoms in total. The standard InChI is InChI=1S/C23H25N3/c1-24(2)22-15-9-10-19(18-22)23-25(20-11-5-3-6-12-20)16-17-26(23)21-13-7-4-8-14-21/h3-15,18,23H,16-17H2,1-2H3. The molecule has 0 N–H and O–H groups in total. The van der Waals surface area contributed by atoms with Crippen LogP contribution in [0, 0.1) is 0 Å². The normalized spacial score (nSPS) is 14.7. The van der Waals surface area contributed by atoms with Crippen LogP contribution >= 0.6 is 0 Å². The second kappa shape index (κ2) is 7.12. The average molecular weight is 343 g/mol. The molecule has 0 unspecified atom stereocenters. The van der Waals surface area contributed by atoms with E-state index in [2.05, 4.69) is 114 Å². The lowest BCUT2D eigenvalue weighted by atomic mass is 10.1. The fraction of sp³-hybridized carbons (Fsp3) is 0.217. The van der Waals surface area contributed by atoms with E-state index in [0.29, 0.717) is 0 Å². The summed E-state index contributed by atoms with van der Waals surface area (Å²) in [5.41, 5.74) is 5.09. The van der Waals surface area contributed by atoms with Crippen LogP contribution in [-0.4, -0.2) is 27.2 Å². The third-order valence-corrected chi connectivity index (χ3v) is 5.03. The molecule has 132 valence electrons. The van der Waals surface area contributed by atoms with Gasteiger partial charge in [0.15, 0.2) is 0 Å². The van der Waals surface area contributed by atoms with Crippen LogP contribution in [0.15, 0.2) is 84.9 Å². The van der Waals surface area contributed by atoms with E-state index in [1.807, 2.05) is 0 Å². The zero-order valence-corrected chi connectivity index (χ0v) is 15.4. The number of hydrogen-bond donors (Lipinski definition) is 0. The van der Waals surface area contributed by atoms with Crippen LogP contribution in [0.2, 0.25) is 0 Å². The highest BCUT2D eigenvalue weighted by Gasteiger charge is 2.33. The fourth-order valence-electron chi connectivity index (χ4n) is 3.73. The van der Waals surface area contributed by atoms with E-state index in [0.717, 1.165) is 13.1 Å². The van der Waals surface area contributed by atoms with Crippen LogP contribution in [0.25, 0.3) is 0 Å². The van der Waals surface area contributed by atoms with E-state index in [1.165, 1.54) is 22.6 Å². The molecule has 3 heteroatoms. The summed E-state index contributed by atoms with van der Waals surface area (Å²) in [6.45, 7) is 2.02. The largest absolute Gasteiger partial charge is 0.378 e. The number of benzene rings is 3. The first kappa shape index (κ1) is 16.5. The number of anilines is 3. The van der Waals surface area contributed by atoms with Crippen LogP contribution in [0.5, 0.6) is 0 Å². The monoisotopic (exact) mass is 343 g/mol. The molecule has 0 amide bonds. The Morgan fingerprint density at radius 3 is 1.73 bits per heavy atom. The van der Waals surface area contributed by atoms with Crippen LogP contribution in [-0.2, 0) is 0 Å². The minimum absolute atomic E-state index is 0.194. The van der Waals surface area contributed by atoms with Crippen molar-refractivity contribution in [3.05, 3.63) is 90.5 Å². The van der Waals surface area contributed by atoms with Gasteiger partial charge in [0.05, 0.1) is 0 Å². The van der Waals surface area contributed by atoms with Crippen molar-refractivity contribution in [1.82, 2.24) is 0 Å². The van der Waals surface area contributed by atoms with Gasteiger partial charge in [0, 0.05) is 44.2 Å². The zero-order chi connectivity index (χ0) is 17.9. The van der Waals surface area contributed by atoms with E-state index in [-0.39, 0.29) is 6.17 Å². The number of rotatable bonds is 4. The molecule has 4 rings (SSSR count). The Morgan fingerprint density at radius 2 is 1.23 bits per heavy atom. The smallest absolute Gasteiger partial charge is 0.128 e. The van der Waals surface area contributed by atoms with Crippen molar-refractivity contribution in [2.24, 2.45) is 0 Å². The van der Waals surface area contributed by atoms with Crippen molar-refractivity contribution < 1.29 is 0 Å². The van der Waals surface area contributed by atoms with Crippen LogP contribution in [0.3, 0.4) is 0 Å². The summed E-state index contributed by atoms with van der Waals surface area (Å²) >= 11 is 0. The van der Waals surface area contributed by atoms with E-state index in [1.54, 1.807) is 0 Å². The Hall–Kier alpha value is -2.94. The topological polar surface area (TPSA) is 9.72 Å². The summed E-state index contributed by atoms with van der Waals surface area (Å²) < 4.78 is 0. The average Bonchev–Trinajstić information content (AvgIpc) is 3.14. The maximum absolute atomic E-state index is 2.50. The highest BCUT2D eigenvalue weighted by Crippen LogP contribution is 2.38. The first-order chi connectivity index (χ1) is 12.7. The van der Waals surface area contributed by atoms with Gasteiger partial charge < -0.3 is 14.7 Å². The summed E-state index contributed by atoms with van der Waals surface area (Å²) in [6, 6.07) is 30.3. The predicted molar refractivity (Wildman–Crippen MR) is 111 cm³/mol. The molecule has 1 aliphatic rings. The molecule has 3 aromatic carbocycles. The van der Waals surface area contributed by atoms with Gasteiger partial charge in [-0.3, -0.25) is 0 Å². The van der Waals surface area contributed by atoms with Gasteiger partial charge in [-0.2, -0.15) is 0 Å². The maximum atomic E-state index is 2.50. The van der Waals surface area contributed by atoms with Crippen molar-refractivity contribution >= 4 is 17.1 Å². The molecule has 0 spiro atoms. The van der Waals surface area contributed by atoms with Gasteiger partial charge in [0.2, 0.25) is 0 Å². The molecule has 3 aromatic rings. The molecular weight excluding hydrogens is 318 g/mol. The molecule has 0 saturated carbocycles. The molecule has 0 aromatic heterocycles. The zero-order valence-electron chi connectivity index (χ0n) is 15.4. The lowest BCUT2D eigenvalue weighted by molar-refractivity contribution is 0.717. The molecule has 0 radical (unpaired) electrons. The number of nitrogens with zero attached hydrogens (tertiary/aromatic N) is 3. The van der Waals surface area contributed by atoms with E-state index in [4.69, 9.17) is 0 Å². The quantitative estimate of drug-likeness (QED) is 0.675. The maximum Gasteiger partial charge on any atom is 0.128 e. The molecular formula is C23H25N3. The minimum atomic E-state index is 0.194. The van der Waals surface area contributed by atoms with Gasteiger partial charge in [-0.05, 0) is 42.0 Å². The molecule has 1 aliphatic heterocycles. The molecule has 1 fully saturated rings. The second-order valence-corrected chi connectivity index (χ2v) is 6.92. The number of hydrogen-bond acceptors (Lipinski definition) is 3. The summed E-state index contributed by atoms with van der Waals surface area (Å²) in [5.74, 6) is 0. The van der Waals surface area contributed by atoms with Gasteiger partial charge >= 0.3 is 0 Å². The van der Waals surface area contributed by atoms with Gasteiger partial charge in [-0.1, -0.05) is 48.5 Å². The molecule has 0 bridgehead atoms.